The van der Waals surface area contributed by atoms with Crippen molar-refractivity contribution in [3.8, 4) is 0 Å². The lowest BCUT2D eigenvalue weighted by Crippen LogP contribution is -2.46. The van der Waals surface area contributed by atoms with Crippen LogP contribution >= 0.6 is 0 Å². The Labute approximate surface area is 176 Å². The highest BCUT2D eigenvalue weighted by molar-refractivity contribution is 6.03. The fourth-order valence-electron chi connectivity index (χ4n) is 3.66. The van der Waals surface area contributed by atoms with Crippen LogP contribution in [0.5, 0.6) is 0 Å². The van der Waals surface area contributed by atoms with Crippen LogP contribution in [-0.4, -0.2) is 56.5 Å². The molecule has 1 aliphatic heterocycles. The van der Waals surface area contributed by atoms with Gasteiger partial charge in [-0.2, -0.15) is 0 Å². The van der Waals surface area contributed by atoms with Gasteiger partial charge in [-0.25, -0.2) is 4.79 Å². The number of benzene rings is 2. The molecule has 1 saturated heterocycles. The van der Waals surface area contributed by atoms with E-state index in [1.54, 1.807) is 31.3 Å². The number of likely N-dealkylation sites (tertiary alicyclic amines) is 1. The highest BCUT2D eigenvalue weighted by Gasteiger charge is 2.28. The van der Waals surface area contributed by atoms with Crippen molar-refractivity contribution in [2.45, 2.75) is 12.8 Å². The number of carbonyl (C=O) groups is 3. The predicted molar refractivity (Wildman–Crippen MR) is 115 cm³/mol. The van der Waals surface area contributed by atoms with Crippen molar-refractivity contribution in [3.63, 3.8) is 0 Å². The van der Waals surface area contributed by atoms with Crippen molar-refractivity contribution in [3.05, 3.63) is 60.2 Å². The van der Waals surface area contributed by atoms with Crippen molar-refractivity contribution < 1.29 is 19.1 Å². The third kappa shape index (κ3) is 5.24. The molecular formula is C23H27N3O4. The number of rotatable bonds is 6. The second kappa shape index (κ2) is 10.0. The lowest BCUT2D eigenvalue weighted by Gasteiger charge is -2.32. The number of nitrogens with zero attached hydrogens (tertiary/aromatic N) is 2. The first kappa shape index (κ1) is 21.5. The lowest BCUT2D eigenvalue weighted by molar-refractivity contribution is -0.124. The van der Waals surface area contributed by atoms with Gasteiger partial charge >= 0.3 is 5.97 Å². The molecule has 1 atom stereocenters. The van der Waals surface area contributed by atoms with Gasteiger partial charge < -0.3 is 15.0 Å². The average Bonchev–Trinajstić information content (AvgIpc) is 2.78. The summed E-state index contributed by atoms with van der Waals surface area (Å²) in [6.07, 6.45) is 1.65. The number of methoxy groups -OCH3 is 1. The fraction of sp³-hybridized carbons (Fsp3) is 0.348. The Kier molecular flexibility index (Phi) is 7.19. The second-order valence-electron chi connectivity index (χ2n) is 7.39. The molecule has 1 N–H and O–H groups in total. The number of hydrogen-bond acceptors (Lipinski definition) is 5. The Bertz CT molecular complexity index is 900. The van der Waals surface area contributed by atoms with E-state index >= 15 is 0 Å². The molecule has 0 spiro atoms. The summed E-state index contributed by atoms with van der Waals surface area (Å²) in [4.78, 5) is 41.0. The van der Waals surface area contributed by atoms with Gasteiger partial charge in [-0.05, 0) is 43.7 Å². The van der Waals surface area contributed by atoms with E-state index in [0.717, 1.165) is 25.1 Å². The number of hydrogen-bond donors (Lipinski definition) is 1. The maximum absolute atomic E-state index is 12.9. The minimum Gasteiger partial charge on any atom is -0.465 e. The molecule has 0 radical (unpaired) electrons. The van der Waals surface area contributed by atoms with Gasteiger partial charge in [0.2, 0.25) is 11.8 Å². The van der Waals surface area contributed by atoms with E-state index in [0.29, 0.717) is 17.8 Å². The Hall–Kier alpha value is -3.19. The monoisotopic (exact) mass is 409 g/mol. The van der Waals surface area contributed by atoms with Crippen molar-refractivity contribution in [2.24, 2.45) is 5.92 Å². The Morgan fingerprint density at radius 2 is 1.80 bits per heavy atom. The Balaban J connectivity index is 1.61. The number of para-hydroxylation sites is 2. The molecule has 1 fully saturated rings. The third-order valence-electron chi connectivity index (χ3n) is 5.32. The normalized spacial score (nSPS) is 16.5. The zero-order valence-corrected chi connectivity index (χ0v) is 17.3. The first-order valence-electron chi connectivity index (χ1n) is 10.0. The number of amides is 2. The number of anilines is 2. The van der Waals surface area contributed by atoms with Crippen molar-refractivity contribution >= 4 is 29.2 Å². The number of nitrogens with one attached hydrogen (secondary N) is 1. The molecule has 7 nitrogen and oxygen atoms in total. The molecule has 30 heavy (non-hydrogen) atoms. The van der Waals surface area contributed by atoms with E-state index in [2.05, 4.69) is 5.32 Å². The average molecular weight is 409 g/mol. The smallest absolute Gasteiger partial charge is 0.339 e. The van der Waals surface area contributed by atoms with Crippen LogP contribution in [0, 0.1) is 5.92 Å². The van der Waals surface area contributed by atoms with Crippen LogP contribution in [0.15, 0.2) is 54.6 Å². The van der Waals surface area contributed by atoms with Crippen molar-refractivity contribution in [2.75, 3.05) is 44.0 Å². The summed E-state index contributed by atoms with van der Waals surface area (Å²) in [6.45, 7) is 1.46. The van der Waals surface area contributed by atoms with Crippen LogP contribution in [0.2, 0.25) is 0 Å². The highest BCUT2D eigenvalue weighted by Crippen LogP contribution is 2.22. The summed E-state index contributed by atoms with van der Waals surface area (Å²) in [5, 5.41) is 2.95. The van der Waals surface area contributed by atoms with Gasteiger partial charge in [0, 0.05) is 19.3 Å². The molecule has 158 valence electrons. The SMILES string of the molecule is COC(=O)c1ccccc1N(C)C(=O)CN1CCC[C@@H](C(=O)Nc2ccccc2)C1. The van der Waals surface area contributed by atoms with Gasteiger partial charge in [-0.15, -0.1) is 0 Å². The molecule has 1 heterocycles. The van der Waals surface area contributed by atoms with Gasteiger partial charge in [0.15, 0.2) is 0 Å². The molecular weight excluding hydrogens is 382 g/mol. The standard InChI is InChI=1S/C23H27N3O4/c1-25(20-13-7-6-12-19(20)23(29)30-2)21(27)16-26-14-8-9-17(15-26)22(28)24-18-10-4-3-5-11-18/h3-7,10-13,17H,8-9,14-16H2,1-2H3,(H,24,28)/t17-/m1/s1. The van der Waals surface area contributed by atoms with E-state index in [1.165, 1.54) is 12.0 Å². The number of piperidine rings is 1. The number of likely N-dealkylation sites (N-methyl/N-ethyl adjacent to an activating group) is 1. The molecule has 2 amide bonds. The molecule has 0 unspecified atom stereocenters. The van der Waals surface area contributed by atoms with Gasteiger partial charge in [-0.3, -0.25) is 14.5 Å². The minimum atomic E-state index is -0.485. The first-order chi connectivity index (χ1) is 14.5. The van der Waals surface area contributed by atoms with E-state index in [9.17, 15) is 14.4 Å². The van der Waals surface area contributed by atoms with E-state index < -0.39 is 5.97 Å². The summed E-state index contributed by atoms with van der Waals surface area (Å²) >= 11 is 0. The van der Waals surface area contributed by atoms with Gasteiger partial charge in [0.1, 0.15) is 0 Å². The number of esters is 1. The lowest BCUT2D eigenvalue weighted by atomic mass is 9.97. The maximum Gasteiger partial charge on any atom is 0.339 e. The first-order valence-corrected chi connectivity index (χ1v) is 10.0. The highest BCUT2D eigenvalue weighted by atomic mass is 16.5. The zero-order chi connectivity index (χ0) is 21.5. The van der Waals surface area contributed by atoms with Gasteiger partial charge in [0.25, 0.3) is 0 Å². The molecule has 2 aromatic rings. The van der Waals surface area contributed by atoms with E-state index in [4.69, 9.17) is 4.74 Å². The predicted octanol–water partition coefficient (Wildman–Crippen LogP) is 2.79. The number of carbonyl (C=O) groups excluding carboxylic acids is 3. The summed E-state index contributed by atoms with van der Waals surface area (Å²) < 4.78 is 4.81. The Morgan fingerprint density at radius 3 is 2.53 bits per heavy atom. The Morgan fingerprint density at radius 1 is 1.10 bits per heavy atom. The zero-order valence-electron chi connectivity index (χ0n) is 17.3. The summed E-state index contributed by atoms with van der Waals surface area (Å²) in [7, 11) is 2.96. The van der Waals surface area contributed by atoms with Crippen molar-refractivity contribution in [1.82, 2.24) is 4.90 Å². The van der Waals surface area contributed by atoms with Crippen LogP contribution in [0.25, 0.3) is 0 Å². The molecule has 3 rings (SSSR count). The molecule has 2 aromatic carbocycles. The minimum absolute atomic E-state index is 0.0252. The summed E-state index contributed by atoms with van der Waals surface area (Å²) in [5.41, 5.74) is 1.62. The summed E-state index contributed by atoms with van der Waals surface area (Å²) in [6, 6.07) is 16.2. The van der Waals surface area contributed by atoms with Crippen LogP contribution < -0.4 is 10.2 Å². The third-order valence-corrected chi connectivity index (χ3v) is 5.32. The molecule has 0 saturated carbocycles. The topological polar surface area (TPSA) is 79.0 Å². The molecule has 0 aromatic heterocycles. The molecule has 7 heteroatoms. The van der Waals surface area contributed by atoms with Crippen LogP contribution in [-0.2, 0) is 14.3 Å². The molecule has 0 aliphatic carbocycles. The fourth-order valence-corrected chi connectivity index (χ4v) is 3.66. The van der Waals surface area contributed by atoms with E-state index in [1.807, 2.05) is 35.2 Å². The quantitative estimate of drug-likeness (QED) is 0.743. The van der Waals surface area contributed by atoms with Gasteiger partial charge in [-0.1, -0.05) is 30.3 Å². The van der Waals surface area contributed by atoms with Crippen LogP contribution in [0.3, 0.4) is 0 Å². The largest absolute Gasteiger partial charge is 0.465 e. The maximum atomic E-state index is 12.9. The van der Waals surface area contributed by atoms with Crippen LogP contribution in [0.4, 0.5) is 11.4 Å². The second-order valence-corrected chi connectivity index (χ2v) is 7.39. The summed E-state index contributed by atoms with van der Waals surface area (Å²) in [5.74, 6) is -0.821. The van der Waals surface area contributed by atoms with E-state index in [-0.39, 0.29) is 24.3 Å². The van der Waals surface area contributed by atoms with Crippen LogP contribution in [0.1, 0.15) is 23.2 Å². The molecule has 0 bridgehead atoms. The number of ether oxygens (including phenoxy) is 1. The van der Waals surface area contributed by atoms with Gasteiger partial charge in [0.05, 0.1) is 30.8 Å². The van der Waals surface area contributed by atoms with Crippen molar-refractivity contribution in [1.29, 1.82) is 0 Å². The molecule has 1 aliphatic rings.